The maximum absolute atomic E-state index is 12.5. The molecule has 0 saturated carbocycles. The van der Waals surface area contributed by atoms with E-state index in [1.54, 1.807) is 10.7 Å². The predicted octanol–water partition coefficient (Wildman–Crippen LogP) is 3.11. The van der Waals surface area contributed by atoms with Crippen LogP contribution in [-0.2, 0) is 19.4 Å². The molecule has 1 saturated heterocycles. The van der Waals surface area contributed by atoms with Gasteiger partial charge in [-0.25, -0.2) is 4.68 Å². The largest absolute Gasteiger partial charge is 0.338 e. The molecule has 0 aromatic carbocycles. The molecular formula is C18H20BrN3O2S. The van der Waals surface area contributed by atoms with Crippen molar-refractivity contribution in [2.75, 3.05) is 13.1 Å². The maximum atomic E-state index is 12.5. The Balaban J connectivity index is 1.38. The van der Waals surface area contributed by atoms with Crippen molar-refractivity contribution in [2.24, 2.45) is 5.92 Å². The van der Waals surface area contributed by atoms with Crippen molar-refractivity contribution in [3.05, 3.63) is 48.5 Å². The molecule has 2 aromatic heterocycles. The number of nitrogens with zero attached hydrogens (tertiary/aromatic N) is 3. The van der Waals surface area contributed by atoms with Crippen LogP contribution in [0.3, 0.4) is 0 Å². The highest BCUT2D eigenvalue weighted by Gasteiger charge is 2.25. The van der Waals surface area contributed by atoms with E-state index in [1.807, 2.05) is 16.3 Å². The lowest BCUT2D eigenvalue weighted by molar-refractivity contribution is 0.0685. The molecule has 25 heavy (non-hydrogen) atoms. The quantitative estimate of drug-likeness (QED) is 0.764. The van der Waals surface area contributed by atoms with Gasteiger partial charge in [-0.15, -0.1) is 11.3 Å². The van der Waals surface area contributed by atoms with E-state index < -0.39 is 0 Å². The van der Waals surface area contributed by atoms with E-state index >= 15 is 0 Å². The standard InChI is InChI=1S/C18H20BrN3O2S/c19-14-9-16(25-11-14)18(24)21-6-4-12(5-7-21)10-22-17(23)8-13-2-1-3-15(13)20-22/h8-9,11-12H,1-7,10H2. The van der Waals surface area contributed by atoms with E-state index in [9.17, 15) is 9.59 Å². The zero-order valence-electron chi connectivity index (χ0n) is 13.9. The Hall–Kier alpha value is -1.47. The summed E-state index contributed by atoms with van der Waals surface area (Å²) in [5.41, 5.74) is 2.24. The van der Waals surface area contributed by atoms with E-state index in [0.717, 1.165) is 65.8 Å². The first kappa shape index (κ1) is 17.0. The van der Waals surface area contributed by atoms with Gasteiger partial charge in [0.05, 0.1) is 10.6 Å². The summed E-state index contributed by atoms with van der Waals surface area (Å²) < 4.78 is 2.60. The van der Waals surface area contributed by atoms with Gasteiger partial charge in [-0.2, -0.15) is 5.10 Å². The van der Waals surface area contributed by atoms with Gasteiger partial charge in [-0.3, -0.25) is 9.59 Å². The van der Waals surface area contributed by atoms with Gasteiger partial charge in [0.25, 0.3) is 11.5 Å². The molecule has 3 heterocycles. The van der Waals surface area contributed by atoms with Crippen LogP contribution in [0.5, 0.6) is 0 Å². The molecule has 7 heteroatoms. The summed E-state index contributed by atoms with van der Waals surface area (Å²) in [6.07, 6.45) is 4.91. The lowest BCUT2D eigenvalue weighted by atomic mass is 9.96. The van der Waals surface area contributed by atoms with Gasteiger partial charge in [0.2, 0.25) is 0 Å². The summed E-state index contributed by atoms with van der Waals surface area (Å²) in [6, 6.07) is 3.65. The number of fused-ring (bicyclic) bond motifs is 1. The predicted molar refractivity (Wildman–Crippen MR) is 101 cm³/mol. The lowest BCUT2D eigenvalue weighted by Crippen LogP contribution is -2.40. The molecule has 1 fully saturated rings. The molecule has 0 unspecified atom stereocenters. The number of carbonyl (C=O) groups is 1. The molecule has 2 aliphatic rings. The Labute approximate surface area is 158 Å². The van der Waals surface area contributed by atoms with Gasteiger partial charge in [-0.1, -0.05) is 0 Å². The van der Waals surface area contributed by atoms with Crippen molar-refractivity contribution in [1.82, 2.24) is 14.7 Å². The van der Waals surface area contributed by atoms with Crippen LogP contribution in [0, 0.1) is 5.92 Å². The monoisotopic (exact) mass is 421 g/mol. The van der Waals surface area contributed by atoms with Gasteiger partial charge in [0.1, 0.15) is 0 Å². The molecule has 1 amide bonds. The van der Waals surface area contributed by atoms with Gasteiger partial charge >= 0.3 is 0 Å². The van der Waals surface area contributed by atoms with Crippen LogP contribution < -0.4 is 5.56 Å². The highest BCUT2D eigenvalue weighted by molar-refractivity contribution is 9.10. The Morgan fingerprint density at radius 1 is 1.28 bits per heavy atom. The Morgan fingerprint density at radius 2 is 2.08 bits per heavy atom. The zero-order chi connectivity index (χ0) is 17.4. The number of carbonyl (C=O) groups excluding carboxylic acids is 1. The van der Waals surface area contributed by atoms with Crippen LogP contribution in [0.25, 0.3) is 0 Å². The highest BCUT2D eigenvalue weighted by atomic mass is 79.9. The minimum Gasteiger partial charge on any atom is -0.338 e. The SMILES string of the molecule is O=C(c1cc(Br)cs1)N1CCC(Cn2nc3c(cc2=O)CCC3)CC1. The average Bonchev–Trinajstić information content (AvgIpc) is 3.24. The lowest BCUT2D eigenvalue weighted by Gasteiger charge is -2.31. The van der Waals surface area contributed by atoms with E-state index in [2.05, 4.69) is 21.0 Å². The van der Waals surface area contributed by atoms with E-state index in [4.69, 9.17) is 0 Å². The fourth-order valence-electron chi connectivity index (χ4n) is 3.71. The first-order chi connectivity index (χ1) is 12.1. The van der Waals surface area contributed by atoms with Crippen LogP contribution in [0.4, 0.5) is 0 Å². The van der Waals surface area contributed by atoms with Crippen LogP contribution in [0.2, 0.25) is 0 Å². The number of amides is 1. The molecule has 0 atom stereocenters. The molecule has 2 aromatic rings. The second-order valence-electron chi connectivity index (χ2n) is 6.85. The fourth-order valence-corrected chi connectivity index (χ4v) is 5.11. The molecular weight excluding hydrogens is 402 g/mol. The first-order valence-corrected chi connectivity index (χ1v) is 10.4. The number of hydrogen-bond donors (Lipinski definition) is 0. The second kappa shape index (κ2) is 7.03. The van der Waals surface area contributed by atoms with Gasteiger partial charge in [0, 0.05) is 35.6 Å². The topological polar surface area (TPSA) is 55.2 Å². The van der Waals surface area contributed by atoms with Crippen molar-refractivity contribution < 1.29 is 4.79 Å². The summed E-state index contributed by atoms with van der Waals surface area (Å²) in [7, 11) is 0. The molecule has 132 valence electrons. The number of hydrogen-bond acceptors (Lipinski definition) is 4. The molecule has 1 aliphatic carbocycles. The van der Waals surface area contributed by atoms with Crippen molar-refractivity contribution in [3.8, 4) is 0 Å². The molecule has 0 bridgehead atoms. The fraction of sp³-hybridized carbons (Fsp3) is 0.500. The number of likely N-dealkylation sites (tertiary alicyclic amines) is 1. The minimum absolute atomic E-state index is 0.0163. The average molecular weight is 422 g/mol. The molecule has 5 nitrogen and oxygen atoms in total. The summed E-state index contributed by atoms with van der Waals surface area (Å²) in [6.45, 7) is 2.16. The summed E-state index contributed by atoms with van der Waals surface area (Å²) in [5.74, 6) is 0.519. The summed E-state index contributed by atoms with van der Waals surface area (Å²) >= 11 is 4.87. The molecule has 0 N–H and O–H groups in total. The number of piperidine rings is 1. The second-order valence-corrected chi connectivity index (χ2v) is 8.68. The van der Waals surface area contributed by atoms with Crippen molar-refractivity contribution in [1.29, 1.82) is 0 Å². The van der Waals surface area contributed by atoms with Gasteiger partial charge in [0.15, 0.2) is 0 Å². The first-order valence-electron chi connectivity index (χ1n) is 8.73. The number of rotatable bonds is 3. The van der Waals surface area contributed by atoms with Crippen LogP contribution in [-0.4, -0.2) is 33.7 Å². The normalized spacial score (nSPS) is 17.7. The molecule has 4 rings (SSSR count). The van der Waals surface area contributed by atoms with Crippen molar-refractivity contribution >= 4 is 33.2 Å². The Morgan fingerprint density at radius 3 is 2.80 bits per heavy atom. The highest BCUT2D eigenvalue weighted by Crippen LogP contribution is 2.25. The van der Waals surface area contributed by atoms with E-state index in [0.29, 0.717) is 12.5 Å². The zero-order valence-corrected chi connectivity index (χ0v) is 16.3. The molecule has 1 aliphatic heterocycles. The third-order valence-corrected chi connectivity index (χ3v) is 6.81. The number of aromatic nitrogens is 2. The third-order valence-electron chi connectivity index (χ3n) is 5.14. The number of aryl methyl sites for hydroxylation is 2. The number of thiophene rings is 1. The van der Waals surface area contributed by atoms with Gasteiger partial charge in [-0.05, 0) is 65.6 Å². The van der Waals surface area contributed by atoms with Crippen molar-refractivity contribution in [3.63, 3.8) is 0 Å². The van der Waals surface area contributed by atoms with Crippen LogP contribution >= 0.6 is 27.3 Å². The smallest absolute Gasteiger partial charge is 0.267 e. The van der Waals surface area contributed by atoms with Crippen molar-refractivity contribution in [2.45, 2.75) is 38.6 Å². The molecule has 0 radical (unpaired) electrons. The number of halogens is 1. The van der Waals surface area contributed by atoms with Crippen LogP contribution in [0.15, 0.2) is 26.8 Å². The summed E-state index contributed by atoms with van der Waals surface area (Å²) in [4.78, 5) is 27.5. The van der Waals surface area contributed by atoms with Crippen LogP contribution in [0.1, 0.15) is 40.2 Å². The Kier molecular flexibility index (Phi) is 4.78. The molecule has 0 spiro atoms. The van der Waals surface area contributed by atoms with E-state index in [1.165, 1.54) is 11.3 Å². The summed E-state index contributed by atoms with van der Waals surface area (Å²) in [5, 5.41) is 6.51. The van der Waals surface area contributed by atoms with Gasteiger partial charge < -0.3 is 4.90 Å². The minimum atomic E-state index is 0.0163. The maximum Gasteiger partial charge on any atom is 0.267 e. The Bertz CT molecular complexity index is 852. The third kappa shape index (κ3) is 3.58. The van der Waals surface area contributed by atoms with E-state index in [-0.39, 0.29) is 11.5 Å².